The van der Waals surface area contributed by atoms with Crippen LogP contribution in [-0.2, 0) is 13.6 Å². The molecule has 1 aromatic carbocycles. The van der Waals surface area contributed by atoms with Gasteiger partial charge in [0.15, 0.2) is 0 Å². The maximum absolute atomic E-state index is 4.16. The van der Waals surface area contributed by atoms with Crippen LogP contribution in [0.2, 0.25) is 0 Å². The first-order chi connectivity index (χ1) is 8.56. The van der Waals surface area contributed by atoms with E-state index in [2.05, 4.69) is 54.5 Å². The highest BCUT2D eigenvalue weighted by Gasteiger charge is 2.02. The molecule has 0 atom stereocenters. The summed E-state index contributed by atoms with van der Waals surface area (Å²) in [6.07, 6.45) is 3.91. The van der Waals surface area contributed by atoms with E-state index in [-0.39, 0.29) is 0 Å². The lowest BCUT2D eigenvalue weighted by Gasteiger charge is -2.15. The zero-order valence-electron chi connectivity index (χ0n) is 11.4. The molecule has 0 saturated heterocycles. The summed E-state index contributed by atoms with van der Waals surface area (Å²) in [7, 11) is 6.04. The van der Waals surface area contributed by atoms with Gasteiger partial charge in [-0.1, -0.05) is 0 Å². The molecule has 1 aromatic heterocycles. The third-order valence-electron chi connectivity index (χ3n) is 2.97. The van der Waals surface area contributed by atoms with Gasteiger partial charge in [-0.3, -0.25) is 4.68 Å². The second-order valence-corrected chi connectivity index (χ2v) is 4.77. The Balaban J connectivity index is 2.05. The van der Waals surface area contributed by atoms with E-state index in [0.717, 1.165) is 6.54 Å². The number of aromatic nitrogens is 2. The molecule has 0 radical (unpaired) electrons. The first-order valence-electron chi connectivity index (χ1n) is 6.05. The molecule has 0 fully saturated rings. The summed E-state index contributed by atoms with van der Waals surface area (Å²) in [5.74, 6) is 0. The maximum Gasteiger partial charge on any atom is 0.0539 e. The third-order valence-corrected chi connectivity index (χ3v) is 2.97. The van der Waals surface area contributed by atoms with Gasteiger partial charge in [0.05, 0.1) is 6.20 Å². The minimum atomic E-state index is 0.802. The van der Waals surface area contributed by atoms with Crippen LogP contribution in [0.3, 0.4) is 0 Å². The van der Waals surface area contributed by atoms with Gasteiger partial charge in [-0.05, 0) is 30.7 Å². The van der Waals surface area contributed by atoms with E-state index in [4.69, 9.17) is 0 Å². The molecule has 2 aromatic rings. The summed E-state index contributed by atoms with van der Waals surface area (Å²) in [4.78, 5) is 2.11. The molecule has 0 unspecified atom stereocenters. The lowest BCUT2D eigenvalue weighted by molar-refractivity contribution is 0.767. The topological polar surface area (TPSA) is 33.1 Å². The second-order valence-electron chi connectivity index (χ2n) is 4.77. The summed E-state index contributed by atoms with van der Waals surface area (Å²) in [5, 5.41) is 7.60. The summed E-state index contributed by atoms with van der Waals surface area (Å²) in [6.45, 7) is 2.93. The highest BCUT2D eigenvalue weighted by atomic mass is 15.2. The number of nitrogens with zero attached hydrogens (tertiary/aromatic N) is 3. The first-order valence-corrected chi connectivity index (χ1v) is 6.05. The van der Waals surface area contributed by atoms with Gasteiger partial charge in [0.2, 0.25) is 0 Å². The highest BCUT2D eigenvalue weighted by molar-refractivity contribution is 5.59. The second kappa shape index (κ2) is 5.12. The van der Waals surface area contributed by atoms with Crippen molar-refractivity contribution >= 4 is 11.4 Å². The van der Waals surface area contributed by atoms with E-state index in [0.29, 0.717) is 0 Å². The summed E-state index contributed by atoms with van der Waals surface area (Å²) in [5.41, 5.74) is 4.84. The van der Waals surface area contributed by atoms with E-state index >= 15 is 0 Å². The Hall–Kier alpha value is -1.97. The van der Waals surface area contributed by atoms with Crippen molar-refractivity contribution < 1.29 is 0 Å². The highest BCUT2D eigenvalue weighted by Crippen LogP contribution is 2.21. The van der Waals surface area contributed by atoms with Crippen molar-refractivity contribution in [3.63, 3.8) is 0 Å². The first kappa shape index (κ1) is 12.5. The fraction of sp³-hybridized carbons (Fsp3) is 0.357. The molecule has 0 bridgehead atoms. The van der Waals surface area contributed by atoms with Gasteiger partial charge in [0.25, 0.3) is 0 Å². The van der Waals surface area contributed by atoms with Crippen LogP contribution < -0.4 is 10.2 Å². The quantitative estimate of drug-likeness (QED) is 0.896. The molecular formula is C14H20N4. The Morgan fingerprint density at radius 1 is 1.33 bits per heavy atom. The average molecular weight is 244 g/mol. The average Bonchev–Trinajstić information content (AvgIpc) is 2.73. The summed E-state index contributed by atoms with van der Waals surface area (Å²) >= 11 is 0. The van der Waals surface area contributed by atoms with Gasteiger partial charge in [-0.15, -0.1) is 0 Å². The maximum atomic E-state index is 4.16. The molecule has 96 valence electrons. The molecule has 2 rings (SSSR count). The van der Waals surface area contributed by atoms with E-state index in [1.165, 1.54) is 22.5 Å². The predicted molar refractivity (Wildman–Crippen MR) is 76.0 cm³/mol. The van der Waals surface area contributed by atoms with Gasteiger partial charge in [0.1, 0.15) is 0 Å². The minimum Gasteiger partial charge on any atom is -0.381 e. The van der Waals surface area contributed by atoms with E-state index in [1.807, 2.05) is 24.1 Å². The van der Waals surface area contributed by atoms with Crippen LogP contribution in [0.1, 0.15) is 11.1 Å². The number of rotatable bonds is 4. The van der Waals surface area contributed by atoms with Crippen molar-refractivity contribution in [2.45, 2.75) is 13.5 Å². The Morgan fingerprint density at radius 2 is 2.11 bits per heavy atom. The molecule has 1 heterocycles. The Morgan fingerprint density at radius 3 is 2.67 bits per heavy atom. The van der Waals surface area contributed by atoms with Gasteiger partial charge in [0, 0.05) is 50.8 Å². The lowest BCUT2D eigenvalue weighted by atomic mass is 10.1. The van der Waals surface area contributed by atoms with Crippen LogP contribution in [-0.4, -0.2) is 23.9 Å². The smallest absolute Gasteiger partial charge is 0.0539 e. The number of benzene rings is 1. The number of anilines is 2. The van der Waals surface area contributed by atoms with Crippen molar-refractivity contribution in [2.24, 2.45) is 7.05 Å². The van der Waals surface area contributed by atoms with Crippen LogP contribution in [0.25, 0.3) is 0 Å². The Labute approximate surface area is 108 Å². The zero-order valence-corrected chi connectivity index (χ0v) is 11.4. The van der Waals surface area contributed by atoms with Gasteiger partial charge >= 0.3 is 0 Å². The summed E-state index contributed by atoms with van der Waals surface area (Å²) < 4.78 is 1.82. The normalized spacial score (nSPS) is 10.4. The largest absolute Gasteiger partial charge is 0.381 e. The third kappa shape index (κ3) is 2.83. The van der Waals surface area contributed by atoms with Crippen LogP contribution >= 0.6 is 0 Å². The molecule has 1 N–H and O–H groups in total. The van der Waals surface area contributed by atoms with Crippen molar-refractivity contribution in [3.8, 4) is 0 Å². The van der Waals surface area contributed by atoms with Gasteiger partial charge in [-0.25, -0.2) is 0 Å². The lowest BCUT2D eigenvalue weighted by Crippen LogP contribution is -2.09. The number of nitrogens with one attached hydrogen (secondary N) is 1. The minimum absolute atomic E-state index is 0.802. The van der Waals surface area contributed by atoms with Crippen LogP contribution in [0.4, 0.5) is 11.4 Å². The van der Waals surface area contributed by atoms with Crippen molar-refractivity contribution in [1.29, 1.82) is 0 Å². The molecule has 0 aliphatic heterocycles. The van der Waals surface area contributed by atoms with Crippen molar-refractivity contribution in [3.05, 3.63) is 41.7 Å². The molecule has 4 heteroatoms. The van der Waals surface area contributed by atoms with E-state index < -0.39 is 0 Å². The molecule has 4 nitrogen and oxygen atoms in total. The molecular weight excluding hydrogens is 224 g/mol. The number of hydrogen-bond acceptors (Lipinski definition) is 3. The molecule has 0 saturated carbocycles. The number of hydrogen-bond donors (Lipinski definition) is 1. The van der Waals surface area contributed by atoms with Gasteiger partial charge in [-0.2, -0.15) is 5.10 Å². The monoisotopic (exact) mass is 244 g/mol. The fourth-order valence-corrected chi connectivity index (χ4v) is 1.88. The molecule has 0 aliphatic carbocycles. The molecule has 0 amide bonds. The molecule has 0 spiro atoms. The molecule has 0 aliphatic rings. The van der Waals surface area contributed by atoms with E-state index in [1.54, 1.807) is 0 Å². The SMILES string of the molecule is Cc1cc(N(C)C)ccc1NCc1cnn(C)c1. The standard InChI is InChI=1S/C14H20N4/c1-11-7-13(17(2)3)5-6-14(11)15-8-12-9-16-18(4)10-12/h5-7,9-10,15H,8H2,1-4H3. The van der Waals surface area contributed by atoms with Gasteiger partial charge < -0.3 is 10.2 Å². The van der Waals surface area contributed by atoms with Crippen molar-refractivity contribution in [1.82, 2.24) is 9.78 Å². The van der Waals surface area contributed by atoms with Crippen molar-refractivity contribution in [2.75, 3.05) is 24.3 Å². The van der Waals surface area contributed by atoms with Crippen LogP contribution in [0.5, 0.6) is 0 Å². The fourth-order valence-electron chi connectivity index (χ4n) is 1.88. The zero-order chi connectivity index (χ0) is 13.1. The van der Waals surface area contributed by atoms with Crippen LogP contribution in [0.15, 0.2) is 30.6 Å². The number of aryl methyl sites for hydroxylation is 2. The summed E-state index contributed by atoms with van der Waals surface area (Å²) in [6, 6.07) is 6.44. The Kier molecular flexibility index (Phi) is 3.55. The molecule has 18 heavy (non-hydrogen) atoms. The van der Waals surface area contributed by atoms with Crippen LogP contribution in [0, 0.1) is 6.92 Å². The predicted octanol–water partition coefficient (Wildman–Crippen LogP) is 2.41. The van der Waals surface area contributed by atoms with E-state index in [9.17, 15) is 0 Å². The Bertz CT molecular complexity index is 528.